The molecule has 4 aromatic rings. The Bertz CT molecular complexity index is 1440. The quantitative estimate of drug-likeness (QED) is 0.198. The lowest BCUT2D eigenvalue weighted by Crippen LogP contribution is -2.25. The van der Waals surface area contributed by atoms with Gasteiger partial charge in [0.25, 0.3) is 5.91 Å². The van der Waals surface area contributed by atoms with Gasteiger partial charge in [0, 0.05) is 15.9 Å². The summed E-state index contributed by atoms with van der Waals surface area (Å²) in [5, 5.41) is 24.0. The Morgan fingerprint density at radius 1 is 1.14 bits per heavy atom. The van der Waals surface area contributed by atoms with E-state index in [4.69, 9.17) is 0 Å². The van der Waals surface area contributed by atoms with Crippen LogP contribution in [0.5, 0.6) is 5.75 Å². The fraction of sp³-hybridized carbons (Fsp3) is 0.231. The SMILES string of the molecule is O=C(CSc1n[nH]c(-c2cc(Br)ccc2O)n1)Nc1sc2c(c1C(=O)NCc1ccccc1)CCCC2. The van der Waals surface area contributed by atoms with Crippen LogP contribution in [0.1, 0.15) is 39.2 Å². The number of carbonyl (C=O) groups excluding carboxylic acids is 2. The molecule has 0 bridgehead atoms. The largest absolute Gasteiger partial charge is 0.507 e. The fourth-order valence-corrected chi connectivity index (χ4v) is 6.45. The molecule has 2 aromatic carbocycles. The van der Waals surface area contributed by atoms with E-state index < -0.39 is 0 Å². The molecule has 1 aliphatic rings. The van der Waals surface area contributed by atoms with Gasteiger partial charge in [0.05, 0.1) is 16.9 Å². The number of H-pyrrole nitrogens is 1. The van der Waals surface area contributed by atoms with E-state index in [1.165, 1.54) is 28.0 Å². The van der Waals surface area contributed by atoms with Crippen LogP contribution in [0.3, 0.4) is 0 Å². The number of thiophene rings is 1. The van der Waals surface area contributed by atoms with Gasteiger partial charge in [-0.15, -0.1) is 16.4 Å². The number of aromatic hydroxyl groups is 1. The summed E-state index contributed by atoms with van der Waals surface area (Å²) in [6.45, 7) is 0.425. The van der Waals surface area contributed by atoms with Crippen LogP contribution in [-0.4, -0.2) is 37.9 Å². The van der Waals surface area contributed by atoms with Crippen LogP contribution >= 0.6 is 39.0 Å². The molecule has 0 fully saturated rings. The van der Waals surface area contributed by atoms with Crippen LogP contribution in [-0.2, 0) is 24.2 Å². The molecule has 37 heavy (non-hydrogen) atoms. The molecule has 1 aliphatic carbocycles. The van der Waals surface area contributed by atoms with Gasteiger partial charge in [-0.2, -0.15) is 0 Å². The maximum absolute atomic E-state index is 13.2. The van der Waals surface area contributed by atoms with Gasteiger partial charge in [0.2, 0.25) is 11.1 Å². The van der Waals surface area contributed by atoms with Gasteiger partial charge in [0.15, 0.2) is 5.82 Å². The van der Waals surface area contributed by atoms with Crippen molar-refractivity contribution in [3.63, 3.8) is 0 Å². The first-order valence-corrected chi connectivity index (χ1v) is 14.4. The summed E-state index contributed by atoms with van der Waals surface area (Å²) in [7, 11) is 0. The average Bonchev–Trinajstić information content (AvgIpc) is 3.52. The monoisotopic (exact) mass is 597 g/mol. The highest BCUT2D eigenvalue weighted by Crippen LogP contribution is 2.38. The van der Waals surface area contributed by atoms with Gasteiger partial charge in [-0.3, -0.25) is 14.7 Å². The number of nitrogens with one attached hydrogen (secondary N) is 3. The third-order valence-electron chi connectivity index (χ3n) is 5.96. The summed E-state index contributed by atoms with van der Waals surface area (Å²) in [6, 6.07) is 14.8. The van der Waals surface area contributed by atoms with Crippen LogP contribution < -0.4 is 10.6 Å². The van der Waals surface area contributed by atoms with Crippen molar-refractivity contribution in [2.45, 2.75) is 37.4 Å². The highest BCUT2D eigenvalue weighted by molar-refractivity contribution is 9.10. The van der Waals surface area contributed by atoms with Gasteiger partial charge in [-0.25, -0.2) is 4.98 Å². The number of amides is 2. The molecule has 0 unspecified atom stereocenters. The molecule has 8 nitrogen and oxygen atoms in total. The van der Waals surface area contributed by atoms with Gasteiger partial charge in [0.1, 0.15) is 10.8 Å². The molecule has 11 heteroatoms. The maximum Gasteiger partial charge on any atom is 0.254 e. The third-order valence-corrected chi connectivity index (χ3v) is 8.51. The van der Waals surface area contributed by atoms with Crippen molar-refractivity contribution in [2.24, 2.45) is 0 Å². The smallest absolute Gasteiger partial charge is 0.254 e. The summed E-state index contributed by atoms with van der Waals surface area (Å²) >= 11 is 6.05. The number of phenolic OH excluding ortho intramolecular Hbond substituents is 1. The number of aromatic amines is 1. The molecule has 0 atom stereocenters. The molecule has 0 saturated heterocycles. The van der Waals surface area contributed by atoms with E-state index in [0.717, 1.165) is 41.3 Å². The molecular weight excluding hydrogens is 574 g/mol. The minimum atomic E-state index is -0.239. The lowest BCUT2D eigenvalue weighted by molar-refractivity contribution is -0.113. The molecule has 5 rings (SSSR count). The van der Waals surface area contributed by atoms with E-state index in [-0.39, 0.29) is 23.3 Å². The van der Waals surface area contributed by atoms with Crippen molar-refractivity contribution < 1.29 is 14.7 Å². The first-order chi connectivity index (χ1) is 18.0. The number of nitrogens with zero attached hydrogens (tertiary/aromatic N) is 2. The fourth-order valence-electron chi connectivity index (χ4n) is 4.18. The zero-order chi connectivity index (χ0) is 25.8. The summed E-state index contributed by atoms with van der Waals surface area (Å²) in [4.78, 5) is 31.6. The average molecular weight is 599 g/mol. The summed E-state index contributed by atoms with van der Waals surface area (Å²) in [6.07, 6.45) is 3.88. The number of thioether (sulfide) groups is 1. The number of rotatable bonds is 8. The number of hydrogen-bond donors (Lipinski definition) is 4. The molecule has 190 valence electrons. The predicted molar refractivity (Wildman–Crippen MR) is 149 cm³/mol. The Morgan fingerprint density at radius 3 is 2.78 bits per heavy atom. The molecule has 0 saturated carbocycles. The van der Waals surface area contributed by atoms with E-state index in [1.54, 1.807) is 18.2 Å². The van der Waals surface area contributed by atoms with Crippen molar-refractivity contribution >= 4 is 55.8 Å². The Kier molecular flexibility index (Phi) is 7.92. The number of benzene rings is 2. The summed E-state index contributed by atoms with van der Waals surface area (Å²) in [5.74, 6) is 0.157. The highest BCUT2D eigenvalue weighted by Gasteiger charge is 2.26. The number of fused-ring (bicyclic) bond motifs is 1. The molecule has 0 radical (unpaired) electrons. The topological polar surface area (TPSA) is 120 Å². The highest BCUT2D eigenvalue weighted by atomic mass is 79.9. The number of carbonyl (C=O) groups is 2. The van der Waals surface area contributed by atoms with Crippen LogP contribution in [0.25, 0.3) is 11.4 Å². The van der Waals surface area contributed by atoms with Crippen LogP contribution in [0, 0.1) is 0 Å². The normalized spacial score (nSPS) is 12.7. The number of phenols is 1. The molecule has 2 amide bonds. The maximum atomic E-state index is 13.2. The van der Waals surface area contributed by atoms with E-state index in [9.17, 15) is 14.7 Å². The molecular formula is C26H24BrN5O3S2. The second-order valence-corrected chi connectivity index (χ2v) is 11.5. The molecule has 0 spiro atoms. The van der Waals surface area contributed by atoms with Crippen molar-refractivity contribution in [2.75, 3.05) is 11.1 Å². The first-order valence-electron chi connectivity index (χ1n) is 11.8. The third kappa shape index (κ3) is 6.06. The standard InChI is InChI=1S/C26H24BrN5O3S2/c27-16-10-11-19(33)18(12-16)23-30-26(32-31-23)36-14-21(34)29-25-22(17-8-4-5-9-20(17)37-25)24(35)28-13-15-6-2-1-3-7-15/h1-3,6-7,10-12,33H,4-5,8-9,13-14H2,(H,28,35)(H,29,34)(H,30,31,32). The lowest BCUT2D eigenvalue weighted by Gasteiger charge is -2.13. The summed E-state index contributed by atoms with van der Waals surface area (Å²) in [5.41, 5.74) is 3.16. The van der Waals surface area contributed by atoms with E-state index in [2.05, 4.69) is 41.7 Å². The first kappa shape index (κ1) is 25.5. The van der Waals surface area contributed by atoms with Crippen molar-refractivity contribution in [3.05, 3.63) is 74.6 Å². The van der Waals surface area contributed by atoms with Crippen LogP contribution in [0.4, 0.5) is 5.00 Å². The Morgan fingerprint density at radius 2 is 1.95 bits per heavy atom. The number of hydrogen-bond acceptors (Lipinski definition) is 7. The Hall–Kier alpha value is -3.15. The van der Waals surface area contributed by atoms with Crippen molar-refractivity contribution in [1.29, 1.82) is 0 Å². The number of halogens is 1. The van der Waals surface area contributed by atoms with E-state index in [0.29, 0.717) is 33.7 Å². The Balaban J connectivity index is 1.26. The molecule has 4 N–H and O–H groups in total. The lowest BCUT2D eigenvalue weighted by atomic mass is 9.95. The second kappa shape index (κ2) is 11.5. The number of anilines is 1. The zero-order valence-corrected chi connectivity index (χ0v) is 22.9. The van der Waals surface area contributed by atoms with Crippen molar-refractivity contribution in [3.8, 4) is 17.1 Å². The minimum Gasteiger partial charge on any atom is -0.507 e. The van der Waals surface area contributed by atoms with Crippen LogP contribution in [0.2, 0.25) is 0 Å². The Labute approximate surface area is 230 Å². The number of aromatic nitrogens is 3. The van der Waals surface area contributed by atoms with Gasteiger partial charge in [-0.1, -0.05) is 58.0 Å². The predicted octanol–water partition coefficient (Wildman–Crippen LogP) is 5.54. The second-order valence-electron chi connectivity index (χ2n) is 8.55. The van der Waals surface area contributed by atoms with Gasteiger partial charge in [-0.05, 0) is 55.0 Å². The van der Waals surface area contributed by atoms with E-state index in [1.807, 2.05) is 30.3 Å². The number of aryl methyl sites for hydroxylation is 1. The zero-order valence-electron chi connectivity index (χ0n) is 19.7. The molecule has 0 aliphatic heterocycles. The van der Waals surface area contributed by atoms with Gasteiger partial charge >= 0.3 is 0 Å². The minimum absolute atomic E-state index is 0.0772. The van der Waals surface area contributed by atoms with E-state index >= 15 is 0 Å². The summed E-state index contributed by atoms with van der Waals surface area (Å²) < 4.78 is 0.799. The molecule has 2 aromatic heterocycles. The molecule has 2 heterocycles. The van der Waals surface area contributed by atoms with Crippen molar-refractivity contribution in [1.82, 2.24) is 20.5 Å². The van der Waals surface area contributed by atoms with Gasteiger partial charge < -0.3 is 15.7 Å². The van der Waals surface area contributed by atoms with Crippen LogP contribution in [0.15, 0.2) is 58.2 Å².